The molecule has 2 heteroatoms. The van der Waals surface area contributed by atoms with Crippen molar-refractivity contribution in [3.63, 3.8) is 0 Å². The summed E-state index contributed by atoms with van der Waals surface area (Å²) in [6.45, 7) is 3.21. The number of nitrogens with zero attached hydrogens (tertiary/aromatic N) is 1. The first kappa shape index (κ1) is 8.73. The summed E-state index contributed by atoms with van der Waals surface area (Å²) in [5.74, 6) is 0. The lowest BCUT2D eigenvalue weighted by Gasteiger charge is -2.38. The average Bonchev–Trinajstić information content (AvgIpc) is 2.12. The zero-order chi connectivity index (χ0) is 9.10. The predicted octanol–water partition coefficient (Wildman–Crippen LogP) is 1.52. The standard InChI is InChI=1S/C11H15NO/c1-13-11-8-12(9-11)7-10-5-3-2-4-6-10/h2-6,11H,7-9H2,1H3. The Kier molecular flexibility index (Phi) is 2.62. The van der Waals surface area contributed by atoms with Crippen LogP contribution in [0.25, 0.3) is 0 Å². The summed E-state index contributed by atoms with van der Waals surface area (Å²) in [5.41, 5.74) is 1.39. The lowest BCUT2D eigenvalue weighted by Crippen LogP contribution is -2.50. The second-order valence-corrected chi connectivity index (χ2v) is 3.54. The zero-order valence-corrected chi connectivity index (χ0v) is 7.94. The van der Waals surface area contributed by atoms with Gasteiger partial charge in [-0.15, -0.1) is 0 Å². The number of methoxy groups -OCH3 is 1. The fourth-order valence-corrected chi connectivity index (χ4v) is 1.64. The van der Waals surface area contributed by atoms with Gasteiger partial charge in [-0.05, 0) is 5.56 Å². The van der Waals surface area contributed by atoms with E-state index in [0.717, 1.165) is 19.6 Å². The number of benzene rings is 1. The Balaban J connectivity index is 1.81. The molecular weight excluding hydrogens is 162 g/mol. The molecule has 2 nitrogen and oxygen atoms in total. The van der Waals surface area contributed by atoms with Crippen molar-refractivity contribution in [2.24, 2.45) is 0 Å². The van der Waals surface area contributed by atoms with Crippen molar-refractivity contribution in [3.05, 3.63) is 35.9 Å². The topological polar surface area (TPSA) is 12.5 Å². The lowest BCUT2D eigenvalue weighted by molar-refractivity contribution is -0.0333. The molecule has 0 radical (unpaired) electrons. The van der Waals surface area contributed by atoms with Crippen molar-refractivity contribution < 1.29 is 4.74 Å². The van der Waals surface area contributed by atoms with E-state index in [1.54, 1.807) is 7.11 Å². The van der Waals surface area contributed by atoms with Gasteiger partial charge in [0.25, 0.3) is 0 Å². The second-order valence-electron chi connectivity index (χ2n) is 3.54. The van der Waals surface area contributed by atoms with Gasteiger partial charge in [-0.1, -0.05) is 30.3 Å². The number of ether oxygens (including phenoxy) is 1. The molecule has 1 saturated heterocycles. The van der Waals surface area contributed by atoms with Gasteiger partial charge in [-0.3, -0.25) is 4.90 Å². The second kappa shape index (κ2) is 3.90. The van der Waals surface area contributed by atoms with Crippen LogP contribution in [0.1, 0.15) is 5.56 Å². The summed E-state index contributed by atoms with van der Waals surface area (Å²) in [4.78, 5) is 2.39. The molecule has 1 aromatic rings. The van der Waals surface area contributed by atoms with E-state index in [1.165, 1.54) is 5.56 Å². The molecule has 0 bridgehead atoms. The molecule has 0 amide bonds. The summed E-state index contributed by atoms with van der Waals surface area (Å²) < 4.78 is 5.21. The Morgan fingerprint density at radius 1 is 1.31 bits per heavy atom. The van der Waals surface area contributed by atoms with Crippen LogP contribution >= 0.6 is 0 Å². The lowest BCUT2D eigenvalue weighted by atomic mass is 10.1. The monoisotopic (exact) mass is 177 g/mol. The SMILES string of the molecule is COC1CN(Cc2ccccc2)C1. The third-order valence-electron chi connectivity index (χ3n) is 2.51. The quantitative estimate of drug-likeness (QED) is 0.694. The largest absolute Gasteiger partial charge is 0.379 e. The number of hydrogen-bond donors (Lipinski definition) is 0. The van der Waals surface area contributed by atoms with Gasteiger partial charge in [0.1, 0.15) is 0 Å². The van der Waals surface area contributed by atoms with Crippen molar-refractivity contribution in [2.45, 2.75) is 12.6 Å². The van der Waals surface area contributed by atoms with E-state index in [1.807, 2.05) is 0 Å². The highest BCUT2D eigenvalue weighted by Gasteiger charge is 2.25. The van der Waals surface area contributed by atoms with Gasteiger partial charge in [-0.25, -0.2) is 0 Å². The van der Waals surface area contributed by atoms with E-state index >= 15 is 0 Å². The molecule has 0 aromatic heterocycles. The van der Waals surface area contributed by atoms with Gasteiger partial charge in [0.05, 0.1) is 6.10 Å². The van der Waals surface area contributed by atoms with Crippen LogP contribution in [-0.2, 0) is 11.3 Å². The highest BCUT2D eigenvalue weighted by atomic mass is 16.5. The van der Waals surface area contributed by atoms with Crippen LogP contribution in [-0.4, -0.2) is 31.2 Å². The molecule has 13 heavy (non-hydrogen) atoms. The summed E-state index contributed by atoms with van der Waals surface area (Å²) >= 11 is 0. The number of hydrogen-bond acceptors (Lipinski definition) is 2. The molecule has 1 aliphatic rings. The Labute approximate surface area is 79.1 Å². The summed E-state index contributed by atoms with van der Waals surface area (Å²) in [6.07, 6.45) is 0.462. The molecule has 1 aliphatic heterocycles. The molecule has 0 aliphatic carbocycles. The normalized spacial score (nSPS) is 18.5. The van der Waals surface area contributed by atoms with E-state index in [-0.39, 0.29) is 0 Å². The molecule has 0 unspecified atom stereocenters. The van der Waals surface area contributed by atoms with Crippen molar-refractivity contribution in [3.8, 4) is 0 Å². The van der Waals surface area contributed by atoms with Crippen LogP contribution in [0.5, 0.6) is 0 Å². The molecular formula is C11H15NO. The molecule has 1 heterocycles. The van der Waals surface area contributed by atoms with Crippen LogP contribution in [0.15, 0.2) is 30.3 Å². The highest BCUT2D eigenvalue weighted by molar-refractivity contribution is 5.14. The Hall–Kier alpha value is -0.860. The molecule has 1 fully saturated rings. The van der Waals surface area contributed by atoms with Crippen molar-refractivity contribution >= 4 is 0 Å². The fourth-order valence-electron chi connectivity index (χ4n) is 1.64. The smallest absolute Gasteiger partial charge is 0.0825 e. The zero-order valence-electron chi connectivity index (χ0n) is 7.94. The molecule has 0 saturated carbocycles. The number of rotatable bonds is 3. The molecule has 2 rings (SSSR count). The minimum absolute atomic E-state index is 0.462. The van der Waals surface area contributed by atoms with Crippen LogP contribution in [0.2, 0.25) is 0 Å². The van der Waals surface area contributed by atoms with Gasteiger partial charge >= 0.3 is 0 Å². The molecule has 0 spiro atoms. The van der Waals surface area contributed by atoms with E-state index in [2.05, 4.69) is 35.2 Å². The van der Waals surface area contributed by atoms with E-state index in [4.69, 9.17) is 4.74 Å². The summed E-state index contributed by atoms with van der Waals surface area (Å²) in [7, 11) is 1.78. The van der Waals surface area contributed by atoms with Gasteiger partial charge in [0, 0.05) is 26.7 Å². The molecule has 70 valence electrons. The third kappa shape index (κ3) is 2.08. The minimum Gasteiger partial charge on any atom is -0.379 e. The maximum absolute atomic E-state index is 5.21. The average molecular weight is 177 g/mol. The predicted molar refractivity (Wildman–Crippen MR) is 52.5 cm³/mol. The van der Waals surface area contributed by atoms with Crippen LogP contribution in [0.4, 0.5) is 0 Å². The molecule has 0 atom stereocenters. The van der Waals surface area contributed by atoms with E-state index in [9.17, 15) is 0 Å². The van der Waals surface area contributed by atoms with E-state index in [0.29, 0.717) is 6.10 Å². The molecule has 1 aromatic carbocycles. The van der Waals surface area contributed by atoms with Gasteiger partial charge < -0.3 is 4.74 Å². The van der Waals surface area contributed by atoms with Gasteiger partial charge in [-0.2, -0.15) is 0 Å². The first-order valence-electron chi connectivity index (χ1n) is 4.67. The fraction of sp³-hybridized carbons (Fsp3) is 0.455. The summed E-state index contributed by atoms with van der Waals surface area (Å²) in [5, 5.41) is 0. The van der Waals surface area contributed by atoms with Crippen molar-refractivity contribution in [2.75, 3.05) is 20.2 Å². The molecule has 0 N–H and O–H groups in total. The maximum atomic E-state index is 5.21. The van der Waals surface area contributed by atoms with Crippen LogP contribution in [0, 0.1) is 0 Å². The van der Waals surface area contributed by atoms with Crippen molar-refractivity contribution in [1.82, 2.24) is 4.90 Å². The Morgan fingerprint density at radius 2 is 2.00 bits per heavy atom. The summed E-state index contributed by atoms with van der Waals surface area (Å²) in [6, 6.07) is 10.6. The maximum Gasteiger partial charge on any atom is 0.0825 e. The van der Waals surface area contributed by atoms with Crippen LogP contribution in [0.3, 0.4) is 0 Å². The van der Waals surface area contributed by atoms with Gasteiger partial charge in [0.2, 0.25) is 0 Å². The first-order chi connectivity index (χ1) is 6.38. The Morgan fingerprint density at radius 3 is 2.62 bits per heavy atom. The number of likely N-dealkylation sites (tertiary alicyclic amines) is 1. The first-order valence-corrected chi connectivity index (χ1v) is 4.67. The Bertz CT molecular complexity index is 254. The van der Waals surface area contributed by atoms with Gasteiger partial charge in [0.15, 0.2) is 0 Å². The van der Waals surface area contributed by atoms with Crippen molar-refractivity contribution in [1.29, 1.82) is 0 Å². The highest BCUT2D eigenvalue weighted by Crippen LogP contribution is 2.14. The van der Waals surface area contributed by atoms with Crippen LogP contribution < -0.4 is 0 Å². The van der Waals surface area contributed by atoms with E-state index < -0.39 is 0 Å². The minimum atomic E-state index is 0.462. The third-order valence-corrected chi connectivity index (χ3v) is 2.51.